The fourth-order valence-electron chi connectivity index (χ4n) is 2.79. The number of nitrogens with one attached hydrogen (secondary N) is 2. The minimum absolute atomic E-state index is 0.117. The Morgan fingerprint density at radius 3 is 2.60 bits per heavy atom. The Morgan fingerprint density at radius 1 is 1.24 bits per heavy atom. The number of thioether (sulfide) groups is 1. The van der Waals surface area contributed by atoms with E-state index < -0.39 is 6.04 Å². The van der Waals surface area contributed by atoms with E-state index in [0.717, 1.165) is 28.0 Å². The number of rotatable bonds is 8. The summed E-state index contributed by atoms with van der Waals surface area (Å²) in [6, 6.07) is 7.04. The van der Waals surface area contributed by atoms with Crippen LogP contribution in [-0.2, 0) is 9.59 Å². The molecule has 136 valence electrons. The molecule has 25 heavy (non-hydrogen) atoms. The van der Waals surface area contributed by atoms with Crippen molar-refractivity contribution in [1.29, 1.82) is 0 Å². The maximum Gasteiger partial charge on any atom is 0.243 e. The van der Waals surface area contributed by atoms with E-state index in [-0.39, 0.29) is 17.9 Å². The largest absolute Gasteiger partial charge is 0.459 e. The summed E-state index contributed by atoms with van der Waals surface area (Å²) in [6.07, 6.45) is 2.95. The Labute approximate surface area is 152 Å². The van der Waals surface area contributed by atoms with Crippen LogP contribution >= 0.6 is 11.8 Å². The number of carbonyl (C=O) groups excluding carboxylic acids is 2. The second-order valence-corrected chi connectivity index (χ2v) is 7.06. The molecule has 0 aliphatic rings. The lowest BCUT2D eigenvalue weighted by atomic mass is 10.1. The Bertz CT molecular complexity index is 741. The maximum absolute atomic E-state index is 12.6. The predicted octanol–water partition coefficient (Wildman–Crippen LogP) is 3.57. The summed E-state index contributed by atoms with van der Waals surface area (Å²) in [4.78, 5) is 24.3. The van der Waals surface area contributed by atoms with Gasteiger partial charge in [0.15, 0.2) is 0 Å². The molecule has 1 aromatic carbocycles. The molecule has 0 fully saturated rings. The molecule has 2 amide bonds. The lowest BCUT2D eigenvalue weighted by Crippen LogP contribution is -2.47. The highest BCUT2D eigenvalue weighted by molar-refractivity contribution is 7.98. The number of fused-ring (bicyclic) bond motifs is 1. The van der Waals surface area contributed by atoms with Crippen LogP contribution in [-0.4, -0.2) is 29.9 Å². The molecule has 0 aliphatic heterocycles. The summed E-state index contributed by atoms with van der Waals surface area (Å²) >= 11 is 1.65. The molecular weight excluding hydrogens is 336 g/mol. The number of hydrogen-bond acceptors (Lipinski definition) is 4. The lowest BCUT2D eigenvalue weighted by molar-refractivity contribution is -0.129. The molecule has 2 N–H and O–H groups in total. The van der Waals surface area contributed by atoms with Crippen molar-refractivity contribution in [2.75, 3.05) is 12.0 Å². The third-order valence-corrected chi connectivity index (χ3v) is 4.86. The van der Waals surface area contributed by atoms with Crippen molar-refractivity contribution in [2.45, 2.75) is 45.7 Å². The summed E-state index contributed by atoms with van der Waals surface area (Å²) in [5.74, 6) is 1.26. The van der Waals surface area contributed by atoms with Gasteiger partial charge in [0, 0.05) is 17.4 Å². The van der Waals surface area contributed by atoms with E-state index in [0.29, 0.717) is 12.8 Å². The summed E-state index contributed by atoms with van der Waals surface area (Å²) < 4.78 is 5.92. The van der Waals surface area contributed by atoms with E-state index in [9.17, 15) is 9.59 Å². The quantitative estimate of drug-likeness (QED) is 0.753. The average molecular weight is 362 g/mol. The van der Waals surface area contributed by atoms with Gasteiger partial charge in [0.05, 0.1) is 6.04 Å². The van der Waals surface area contributed by atoms with Crippen LogP contribution in [0.1, 0.15) is 44.1 Å². The molecule has 1 heterocycles. The third kappa shape index (κ3) is 4.78. The molecule has 0 saturated heterocycles. The zero-order valence-electron chi connectivity index (χ0n) is 15.2. The van der Waals surface area contributed by atoms with E-state index >= 15 is 0 Å². The molecule has 0 unspecified atom stereocenters. The van der Waals surface area contributed by atoms with Crippen LogP contribution in [0, 0.1) is 6.92 Å². The molecule has 2 atom stereocenters. The Hall–Kier alpha value is -1.95. The van der Waals surface area contributed by atoms with Gasteiger partial charge in [-0.25, -0.2) is 0 Å². The van der Waals surface area contributed by atoms with E-state index in [1.165, 1.54) is 0 Å². The van der Waals surface area contributed by atoms with Gasteiger partial charge in [-0.05, 0) is 38.3 Å². The number of aryl methyl sites for hydroxylation is 1. The lowest BCUT2D eigenvalue weighted by Gasteiger charge is -2.20. The highest BCUT2D eigenvalue weighted by Crippen LogP contribution is 2.29. The molecular formula is C19H26N2O3S. The van der Waals surface area contributed by atoms with Gasteiger partial charge in [-0.1, -0.05) is 25.1 Å². The summed E-state index contributed by atoms with van der Waals surface area (Å²) in [7, 11) is 0. The van der Waals surface area contributed by atoms with Gasteiger partial charge < -0.3 is 15.1 Å². The number of carbonyl (C=O) groups is 2. The van der Waals surface area contributed by atoms with Crippen molar-refractivity contribution in [3.8, 4) is 0 Å². The minimum Gasteiger partial charge on any atom is -0.459 e. The van der Waals surface area contributed by atoms with Gasteiger partial charge in [0.2, 0.25) is 11.8 Å². The van der Waals surface area contributed by atoms with Crippen LogP contribution in [0.15, 0.2) is 28.7 Å². The molecule has 2 aromatic rings. The number of hydrogen-bond donors (Lipinski definition) is 2. The Morgan fingerprint density at radius 2 is 1.96 bits per heavy atom. The zero-order chi connectivity index (χ0) is 18.4. The first kappa shape index (κ1) is 19.4. The van der Waals surface area contributed by atoms with Crippen LogP contribution in [0.25, 0.3) is 11.0 Å². The second-order valence-electron chi connectivity index (χ2n) is 6.07. The SMILES string of the molecule is CCC(=O)N[C@H](CCSC)C(=O)N[C@@H](C)c1oc2ccccc2c1C. The topological polar surface area (TPSA) is 71.3 Å². The predicted molar refractivity (Wildman–Crippen MR) is 103 cm³/mol. The monoisotopic (exact) mass is 362 g/mol. The Kier molecular flexibility index (Phi) is 6.93. The standard InChI is InChI=1S/C19H26N2O3S/c1-5-17(22)21-15(10-11-25-4)19(23)20-13(3)18-12(2)14-8-6-7-9-16(14)24-18/h6-9,13,15H,5,10-11H2,1-4H3,(H,20,23)(H,21,22)/t13-,15+/m0/s1. The first-order valence-corrected chi connectivity index (χ1v) is 9.94. The summed E-state index contributed by atoms with van der Waals surface area (Å²) in [6.45, 7) is 5.67. The van der Waals surface area contributed by atoms with E-state index in [1.54, 1.807) is 18.7 Å². The highest BCUT2D eigenvalue weighted by atomic mass is 32.2. The minimum atomic E-state index is -0.521. The molecule has 0 saturated carbocycles. The van der Waals surface area contributed by atoms with Crippen LogP contribution in [0.4, 0.5) is 0 Å². The maximum atomic E-state index is 12.6. The number of furan rings is 1. The highest BCUT2D eigenvalue weighted by Gasteiger charge is 2.24. The van der Waals surface area contributed by atoms with Crippen LogP contribution in [0.3, 0.4) is 0 Å². The van der Waals surface area contributed by atoms with Gasteiger partial charge in [-0.15, -0.1) is 0 Å². The molecule has 2 rings (SSSR count). The zero-order valence-corrected chi connectivity index (χ0v) is 16.0. The normalized spacial score (nSPS) is 13.4. The van der Waals surface area contributed by atoms with Crippen molar-refractivity contribution in [2.24, 2.45) is 0 Å². The van der Waals surface area contributed by atoms with E-state index in [2.05, 4.69) is 10.6 Å². The van der Waals surface area contributed by atoms with Gasteiger partial charge in [0.1, 0.15) is 17.4 Å². The van der Waals surface area contributed by atoms with Crippen molar-refractivity contribution in [3.63, 3.8) is 0 Å². The third-order valence-electron chi connectivity index (χ3n) is 4.22. The molecule has 0 radical (unpaired) electrons. The fourth-order valence-corrected chi connectivity index (χ4v) is 3.26. The van der Waals surface area contributed by atoms with Gasteiger partial charge >= 0.3 is 0 Å². The number of benzene rings is 1. The first-order chi connectivity index (χ1) is 12.0. The fraction of sp³-hybridized carbons (Fsp3) is 0.474. The Balaban J connectivity index is 2.12. The number of para-hydroxylation sites is 1. The van der Waals surface area contributed by atoms with Crippen molar-refractivity contribution < 1.29 is 14.0 Å². The molecule has 0 spiro atoms. The smallest absolute Gasteiger partial charge is 0.243 e. The second kappa shape index (κ2) is 8.94. The van der Waals surface area contributed by atoms with Gasteiger partial charge in [-0.3, -0.25) is 9.59 Å². The molecule has 1 aromatic heterocycles. The molecule has 6 heteroatoms. The average Bonchev–Trinajstić information content (AvgIpc) is 2.95. The van der Waals surface area contributed by atoms with Crippen molar-refractivity contribution in [3.05, 3.63) is 35.6 Å². The van der Waals surface area contributed by atoms with Crippen molar-refractivity contribution in [1.82, 2.24) is 10.6 Å². The molecule has 0 aliphatic carbocycles. The van der Waals surface area contributed by atoms with E-state index in [4.69, 9.17) is 4.42 Å². The first-order valence-electron chi connectivity index (χ1n) is 8.54. The van der Waals surface area contributed by atoms with Crippen LogP contribution in [0.5, 0.6) is 0 Å². The molecule has 0 bridgehead atoms. The van der Waals surface area contributed by atoms with Crippen LogP contribution < -0.4 is 10.6 Å². The van der Waals surface area contributed by atoms with Gasteiger partial charge in [0.25, 0.3) is 0 Å². The molecule has 5 nitrogen and oxygen atoms in total. The summed E-state index contributed by atoms with van der Waals surface area (Å²) in [5, 5.41) is 6.84. The van der Waals surface area contributed by atoms with Crippen molar-refractivity contribution >= 4 is 34.5 Å². The number of amides is 2. The summed E-state index contributed by atoms with van der Waals surface area (Å²) in [5.41, 5.74) is 1.84. The van der Waals surface area contributed by atoms with E-state index in [1.807, 2.05) is 44.4 Å². The van der Waals surface area contributed by atoms with Crippen LogP contribution in [0.2, 0.25) is 0 Å². The van der Waals surface area contributed by atoms with Gasteiger partial charge in [-0.2, -0.15) is 11.8 Å².